The van der Waals surface area contributed by atoms with Gasteiger partial charge in [0.25, 0.3) is 5.91 Å². The van der Waals surface area contributed by atoms with E-state index < -0.39 is 5.97 Å². The summed E-state index contributed by atoms with van der Waals surface area (Å²) in [7, 11) is 2.97. The Morgan fingerprint density at radius 1 is 1.06 bits per heavy atom. The number of benzene rings is 1. The molecule has 1 aromatic heterocycles. The second-order valence-electron chi connectivity index (χ2n) is 8.26. The van der Waals surface area contributed by atoms with Crippen molar-refractivity contribution in [3.8, 4) is 5.69 Å². The van der Waals surface area contributed by atoms with Gasteiger partial charge in [-0.05, 0) is 70.4 Å². The number of rotatable bonds is 7. The number of ether oxygens (including phenoxy) is 2. The van der Waals surface area contributed by atoms with Crippen LogP contribution in [0.15, 0.2) is 41.1 Å². The van der Waals surface area contributed by atoms with E-state index in [0.717, 1.165) is 22.6 Å². The van der Waals surface area contributed by atoms with Crippen molar-refractivity contribution < 1.29 is 19.1 Å². The molecule has 2 aromatic rings. The fourth-order valence-corrected chi connectivity index (χ4v) is 4.38. The maximum Gasteiger partial charge on any atom is 0.340 e. The first-order valence-corrected chi connectivity index (χ1v) is 10.8. The van der Waals surface area contributed by atoms with Gasteiger partial charge in [-0.1, -0.05) is 17.7 Å². The fourth-order valence-electron chi connectivity index (χ4n) is 4.38. The number of esters is 1. The average Bonchev–Trinajstić information content (AvgIpc) is 3.15. The lowest BCUT2D eigenvalue weighted by Gasteiger charge is -2.17. The van der Waals surface area contributed by atoms with E-state index in [4.69, 9.17) is 9.47 Å². The third-order valence-electron chi connectivity index (χ3n) is 5.99. The van der Waals surface area contributed by atoms with Gasteiger partial charge >= 0.3 is 5.97 Å². The van der Waals surface area contributed by atoms with E-state index >= 15 is 0 Å². The molecule has 0 spiro atoms. The minimum atomic E-state index is -0.500. The Morgan fingerprint density at radius 2 is 1.78 bits per heavy atom. The van der Waals surface area contributed by atoms with Crippen LogP contribution in [-0.4, -0.2) is 48.7 Å². The van der Waals surface area contributed by atoms with Crippen molar-refractivity contribution in [2.75, 3.05) is 27.4 Å². The monoisotopic (exact) mass is 436 g/mol. The molecule has 1 aliphatic rings. The smallest absolute Gasteiger partial charge is 0.340 e. The molecule has 0 atom stereocenters. The zero-order chi connectivity index (χ0) is 23.6. The minimum Gasteiger partial charge on any atom is -0.465 e. The molecule has 0 saturated heterocycles. The minimum absolute atomic E-state index is 0.185. The molecule has 0 radical (unpaired) electrons. The van der Waals surface area contributed by atoms with Crippen molar-refractivity contribution >= 4 is 18.0 Å². The van der Waals surface area contributed by atoms with Crippen LogP contribution in [0.25, 0.3) is 11.8 Å². The molecule has 170 valence electrons. The van der Waals surface area contributed by atoms with Crippen molar-refractivity contribution in [3.63, 3.8) is 0 Å². The summed E-state index contributed by atoms with van der Waals surface area (Å²) >= 11 is 0. The van der Waals surface area contributed by atoms with Gasteiger partial charge in [0, 0.05) is 43.0 Å². The molecule has 0 N–H and O–H groups in total. The first-order chi connectivity index (χ1) is 15.2. The number of methoxy groups -OCH3 is 2. The molecule has 1 amide bonds. The lowest BCUT2D eigenvalue weighted by molar-refractivity contribution is -0.136. The largest absolute Gasteiger partial charge is 0.465 e. The first kappa shape index (κ1) is 23.5. The van der Waals surface area contributed by atoms with E-state index in [1.165, 1.54) is 18.2 Å². The van der Waals surface area contributed by atoms with Gasteiger partial charge in [0.1, 0.15) is 0 Å². The second kappa shape index (κ2) is 9.57. The van der Waals surface area contributed by atoms with Gasteiger partial charge in [-0.15, -0.1) is 0 Å². The van der Waals surface area contributed by atoms with Gasteiger partial charge < -0.3 is 18.9 Å². The molecular formula is C26H32N2O4. The number of hydrogen-bond donors (Lipinski definition) is 0. The van der Waals surface area contributed by atoms with Crippen molar-refractivity contribution in [2.45, 2.75) is 41.0 Å². The van der Waals surface area contributed by atoms with Crippen LogP contribution in [0.5, 0.6) is 0 Å². The highest BCUT2D eigenvalue weighted by atomic mass is 16.5. The normalized spacial score (nSPS) is 15.3. The van der Waals surface area contributed by atoms with Crippen LogP contribution in [0.1, 0.15) is 41.4 Å². The molecule has 0 bridgehead atoms. The maximum absolute atomic E-state index is 13.3. The Hall–Kier alpha value is -3.12. The Morgan fingerprint density at radius 3 is 2.41 bits per heavy atom. The first-order valence-electron chi connectivity index (χ1n) is 10.8. The van der Waals surface area contributed by atoms with Gasteiger partial charge in [0.15, 0.2) is 0 Å². The molecule has 6 heteroatoms. The third-order valence-corrected chi connectivity index (χ3v) is 5.99. The molecule has 1 aromatic carbocycles. The molecule has 0 aliphatic carbocycles. The fraction of sp³-hybridized carbons (Fsp3) is 0.385. The summed E-state index contributed by atoms with van der Waals surface area (Å²) < 4.78 is 12.3. The number of amides is 1. The summed E-state index contributed by atoms with van der Waals surface area (Å²) in [6.45, 7) is 11.1. The van der Waals surface area contributed by atoms with Crippen LogP contribution in [-0.2, 0) is 19.1 Å². The molecule has 0 saturated carbocycles. The Kier molecular flexibility index (Phi) is 7.04. The highest BCUT2D eigenvalue weighted by Crippen LogP contribution is 2.33. The number of carbonyl (C=O) groups excluding carboxylic acids is 2. The predicted molar refractivity (Wildman–Crippen MR) is 126 cm³/mol. The van der Waals surface area contributed by atoms with Gasteiger partial charge in [-0.25, -0.2) is 4.79 Å². The van der Waals surface area contributed by atoms with Crippen LogP contribution in [0, 0.1) is 27.7 Å². The molecular weight excluding hydrogens is 404 g/mol. The number of nitrogens with zero attached hydrogens (tertiary/aromatic N) is 2. The molecule has 32 heavy (non-hydrogen) atoms. The van der Waals surface area contributed by atoms with Crippen LogP contribution in [0.4, 0.5) is 0 Å². The molecule has 1 aliphatic heterocycles. The highest BCUT2D eigenvalue weighted by Gasteiger charge is 2.36. The lowest BCUT2D eigenvalue weighted by atomic mass is 10.0. The van der Waals surface area contributed by atoms with E-state index in [1.807, 2.05) is 26.0 Å². The number of aryl methyl sites for hydroxylation is 3. The number of allylic oxidation sites excluding steroid dienone is 1. The molecule has 0 unspecified atom stereocenters. The van der Waals surface area contributed by atoms with Gasteiger partial charge in [-0.3, -0.25) is 4.79 Å². The molecule has 6 nitrogen and oxygen atoms in total. The Bertz CT molecular complexity index is 1120. The maximum atomic E-state index is 13.3. The number of aromatic nitrogens is 1. The summed E-state index contributed by atoms with van der Waals surface area (Å²) in [6, 6.07) is 8.42. The number of hydrogen-bond acceptors (Lipinski definition) is 4. The molecule has 2 heterocycles. The molecule has 3 rings (SSSR count). The van der Waals surface area contributed by atoms with E-state index in [0.29, 0.717) is 36.4 Å². The quantitative estimate of drug-likeness (QED) is 0.366. The summed E-state index contributed by atoms with van der Waals surface area (Å²) in [6.07, 6.45) is 2.50. The van der Waals surface area contributed by atoms with E-state index in [2.05, 4.69) is 36.6 Å². The van der Waals surface area contributed by atoms with Crippen molar-refractivity contribution in [1.82, 2.24) is 9.47 Å². The van der Waals surface area contributed by atoms with Gasteiger partial charge in [0.2, 0.25) is 0 Å². The summed E-state index contributed by atoms with van der Waals surface area (Å²) in [4.78, 5) is 27.5. The predicted octanol–water partition coefficient (Wildman–Crippen LogP) is 4.42. The van der Waals surface area contributed by atoms with E-state index in [9.17, 15) is 9.59 Å². The van der Waals surface area contributed by atoms with Crippen molar-refractivity contribution in [3.05, 3.63) is 69.2 Å². The summed E-state index contributed by atoms with van der Waals surface area (Å²) in [5.74, 6) is -0.685. The Labute approximate surface area is 190 Å². The average molecular weight is 437 g/mol. The van der Waals surface area contributed by atoms with Gasteiger partial charge in [0.05, 0.1) is 18.3 Å². The van der Waals surface area contributed by atoms with Crippen LogP contribution < -0.4 is 0 Å². The van der Waals surface area contributed by atoms with Crippen molar-refractivity contribution in [1.29, 1.82) is 0 Å². The lowest BCUT2D eigenvalue weighted by Crippen LogP contribution is -2.26. The van der Waals surface area contributed by atoms with Crippen molar-refractivity contribution in [2.24, 2.45) is 0 Å². The van der Waals surface area contributed by atoms with Crippen LogP contribution >= 0.6 is 0 Å². The number of carbonyl (C=O) groups is 2. The van der Waals surface area contributed by atoms with E-state index in [-0.39, 0.29) is 5.91 Å². The molecule has 0 fully saturated rings. The van der Waals surface area contributed by atoms with Crippen LogP contribution in [0.3, 0.4) is 0 Å². The zero-order valence-corrected chi connectivity index (χ0v) is 20.0. The second-order valence-corrected chi connectivity index (χ2v) is 8.26. The SMILES string of the molecule is COCCCN1C(=O)/C(=C/c2cc(C)n(-c3ccc(C)cc3C)c2C)C(C(=O)OC)=C1C. The van der Waals surface area contributed by atoms with Crippen LogP contribution in [0.2, 0.25) is 0 Å². The highest BCUT2D eigenvalue weighted by molar-refractivity contribution is 6.16. The van der Waals surface area contributed by atoms with Gasteiger partial charge in [-0.2, -0.15) is 0 Å². The summed E-state index contributed by atoms with van der Waals surface area (Å²) in [5.41, 5.74) is 7.78. The topological polar surface area (TPSA) is 60.8 Å². The zero-order valence-electron chi connectivity index (χ0n) is 20.0. The van der Waals surface area contributed by atoms with E-state index in [1.54, 1.807) is 18.9 Å². The summed E-state index contributed by atoms with van der Waals surface area (Å²) in [5, 5.41) is 0. The standard InChI is InChI=1S/C26H32N2O4/c1-16-9-10-23(17(2)13-16)28-18(3)14-21(19(28)4)15-22-24(26(30)32-7)20(5)27(25(22)29)11-8-12-31-6/h9-10,13-15H,8,11-12H2,1-7H3/b22-15+. The third kappa shape index (κ3) is 4.28. The Balaban J connectivity index is 2.08.